The third kappa shape index (κ3) is 6.19. The van der Waals surface area contributed by atoms with Crippen molar-refractivity contribution in [1.29, 1.82) is 0 Å². The number of hydrogen-bond acceptors (Lipinski definition) is 3. The van der Waals surface area contributed by atoms with Gasteiger partial charge in [-0.1, -0.05) is 72.8 Å². The molecule has 3 aromatic rings. The molecule has 0 aromatic heterocycles. The lowest BCUT2D eigenvalue weighted by Crippen LogP contribution is -2.51. The lowest BCUT2D eigenvalue weighted by atomic mass is 10.0. The van der Waals surface area contributed by atoms with Crippen LogP contribution in [0.3, 0.4) is 0 Å². The van der Waals surface area contributed by atoms with Gasteiger partial charge in [-0.3, -0.25) is 9.59 Å². The van der Waals surface area contributed by atoms with E-state index in [9.17, 15) is 9.59 Å². The van der Waals surface area contributed by atoms with E-state index in [0.717, 1.165) is 16.7 Å². The number of rotatable bonds is 9. The van der Waals surface area contributed by atoms with Gasteiger partial charge in [0.2, 0.25) is 5.91 Å². The highest BCUT2D eigenvalue weighted by atomic mass is 16.5. The van der Waals surface area contributed by atoms with Crippen LogP contribution in [0.5, 0.6) is 5.75 Å². The van der Waals surface area contributed by atoms with Crippen molar-refractivity contribution in [2.45, 2.75) is 25.9 Å². The zero-order valence-corrected chi connectivity index (χ0v) is 18.0. The van der Waals surface area contributed by atoms with E-state index in [2.05, 4.69) is 5.32 Å². The van der Waals surface area contributed by atoms with Crippen LogP contribution in [-0.2, 0) is 22.6 Å². The normalized spacial score (nSPS) is 11.4. The van der Waals surface area contributed by atoms with Gasteiger partial charge in [-0.15, -0.1) is 0 Å². The standard InChI is InChI=1S/C26H28N2O3/c1-20-11-9-10-14-22(20)18-28(25(29)19-31-23-15-7-4-8-16-23)24(26(30)27-2)17-21-12-5-3-6-13-21/h3-16,24H,17-19H2,1-2H3,(H,27,30). The Bertz CT molecular complexity index is 990. The number of nitrogens with zero attached hydrogens (tertiary/aromatic N) is 1. The second-order valence-electron chi connectivity index (χ2n) is 7.37. The minimum absolute atomic E-state index is 0.141. The minimum Gasteiger partial charge on any atom is -0.484 e. The van der Waals surface area contributed by atoms with Crippen molar-refractivity contribution in [3.8, 4) is 5.75 Å². The summed E-state index contributed by atoms with van der Waals surface area (Å²) < 4.78 is 5.71. The quantitative estimate of drug-likeness (QED) is 0.578. The van der Waals surface area contributed by atoms with E-state index in [1.807, 2.05) is 79.7 Å². The summed E-state index contributed by atoms with van der Waals surface area (Å²) in [6.45, 7) is 2.19. The molecule has 0 saturated carbocycles. The van der Waals surface area contributed by atoms with Crippen LogP contribution in [0.1, 0.15) is 16.7 Å². The largest absolute Gasteiger partial charge is 0.484 e. The number of para-hydroxylation sites is 1. The summed E-state index contributed by atoms with van der Waals surface area (Å²) in [5.74, 6) is 0.174. The fraction of sp³-hybridized carbons (Fsp3) is 0.231. The molecule has 3 rings (SSSR count). The highest BCUT2D eigenvalue weighted by Crippen LogP contribution is 2.18. The van der Waals surface area contributed by atoms with Crippen molar-refractivity contribution >= 4 is 11.8 Å². The molecule has 0 aliphatic rings. The molecule has 5 nitrogen and oxygen atoms in total. The Kier molecular flexibility index (Phi) is 7.82. The molecule has 0 aliphatic heterocycles. The zero-order valence-electron chi connectivity index (χ0n) is 18.0. The lowest BCUT2D eigenvalue weighted by molar-refractivity contribution is -0.142. The Morgan fingerprint density at radius 1 is 0.903 bits per heavy atom. The van der Waals surface area contributed by atoms with E-state index < -0.39 is 6.04 Å². The first kappa shape index (κ1) is 22.1. The fourth-order valence-electron chi connectivity index (χ4n) is 3.44. The topological polar surface area (TPSA) is 58.6 Å². The van der Waals surface area contributed by atoms with Gasteiger partial charge in [0.15, 0.2) is 6.61 Å². The second kappa shape index (κ2) is 11.0. The zero-order chi connectivity index (χ0) is 22.1. The van der Waals surface area contributed by atoms with Gasteiger partial charge in [0, 0.05) is 20.0 Å². The molecule has 1 N–H and O–H groups in total. The Labute approximate surface area is 183 Å². The number of hydrogen-bond donors (Lipinski definition) is 1. The van der Waals surface area contributed by atoms with Crippen molar-refractivity contribution in [1.82, 2.24) is 10.2 Å². The minimum atomic E-state index is -0.654. The van der Waals surface area contributed by atoms with E-state index in [-0.39, 0.29) is 18.4 Å². The third-order valence-corrected chi connectivity index (χ3v) is 5.22. The number of nitrogens with one attached hydrogen (secondary N) is 1. The van der Waals surface area contributed by atoms with Crippen molar-refractivity contribution < 1.29 is 14.3 Å². The molecule has 160 valence electrons. The van der Waals surface area contributed by atoms with Gasteiger partial charge in [-0.05, 0) is 35.7 Å². The maximum atomic E-state index is 13.3. The van der Waals surface area contributed by atoms with Crippen LogP contribution in [-0.4, -0.2) is 36.4 Å². The van der Waals surface area contributed by atoms with Crippen LogP contribution in [0, 0.1) is 6.92 Å². The van der Waals surface area contributed by atoms with Crippen LogP contribution < -0.4 is 10.1 Å². The SMILES string of the molecule is CNC(=O)C(Cc1ccccc1)N(Cc1ccccc1C)C(=O)COc1ccccc1. The average Bonchev–Trinajstić information content (AvgIpc) is 2.81. The summed E-state index contributed by atoms with van der Waals surface area (Å²) in [5.41, 5.74) is 3.06. The van der Waals surface area contributed by atoms with Crippen molar-refractivity contribution in [3.63, 3.8) is 0 Å². The van der Waals surface area contributed by atoms with Crippen LogP contribution in [0.15, 0.2) is 84.9 Å². The number of amides is 2. The molecule has 0 heterocycles. The van der Waals surface area contributed by atoms with E-state index in [1.165, 1.54) is 0 Å². The molecule has 0 bridgehead atoms. The van der Waals surface area contributed by atoms with E-state index in [4.69, 9.17) is 4.74 Å². The molecule has 2 amide bonds. The van der Waals surface area contributed by atoms with Crippen molar-refractivity contribution in [2.75, 3.05) is 13.7 Å². The molecule has 1 atom stereocenters. The van der Waals surface area contributed by atoms with Gasteiger partial charge >= 0.3 is 0 Å². The highest BCUT2D eigenvalue weighted by Gasteiger charge is 2.30. The molecule has 0 spiro atoms. The number of carbonyl (C=O) groups excluding carboxylic acids is 2. The smallest absolute Gasteiger partial charge is 0.261 e. The fourth-order valence-corrected chi connectivity index (χ4v) is 3.44. The molecule has 5 heteroatoms. The molecule has 0 aliphatic carbocycles. The first-order chi connectivity index (χ1) is 15.1. The summed E-state index contributed by atoms with van der Waals surface area (Å²) >= 11 is 0. The monoisotopic (exact) mass is 416 g/mol. The Morgan fingerprint density at radius 2 is 1.52 bits per heavy atom. The molecule has 1 unspecified atom stereocenters. The van der Waals surface area contributed by atoms with Crippen LogP contribution >= 0.6 is 0 Å². The molecule has 3 aromatic carbocycles. The van der Waals surface area contributed by atoms with Gasteiger partial charge in [0.25, 0.3) is 5.91 Å². The number of likely N-dealkylation sites (N-methyl/N-ethyl adjacent to an activating group) is 1. The molecular formula is C26H28N2O3. The number of ether oxygens (including phenoxy) is 1. The maximum Gasteiger partial charge on any atom is 0.261 e. The second-order valence-corrected chi connectivity index (χ2v) is 7.37. The van der Waals surface area contributed by atoms with Gasteiger partial charge in [0.05, 0.1) is 0 Å². The summed E-state index contributed by atoms with van der Waals surface area (Å²) in [6.07, 6.45) is 0.420. The van der Waals surface area contributed by atoms with E-state index in [1.54, 1.807) is 24.1 Å². The summed E-state index contributed by atoms with van der Waals surface area (Å²) in [6, 6.07) is 26.2. The number of aryl methyl sites for hydroxylation is 1. The molecule has 0 radical (unpaired) electrons. The third-order valence-electron chi connectivity index (χ3n) is 5.22. The number of carbonyl (C=O) groups is 2. The molecule has 31 heavy (non-hydrogen) atoms. The molecule has 0 saturated heterocycles. The van der Waals surface area contributed by atoms with Gasteiger partial charge in [0.1, 0.15) is 11.8 Å². The Hall–Kier alpha value is -3.60. The highest BCUT2D eigenvalue weighted by molar-refractivity contribution is 5.88. The van der Waals surface area contributed by atoms with Gasteiger partial charge in [-0.2, -0.15) is 0 Å². The van der Waals surface area contributed by atoms with Crippen molar-refractivity contribution in [3.05, 3.63) is 102 Å². The lowest BCUT2D eigenvalue weighted by Gasteiger charge is -2.31. The first-order valence-electron chi connectivity index (χ1n) is 10.4. The van der Waals surface area contributed by atoms with Gasteiger partial charge in [-0.25, -0.2) is 0 Å². The number of benzene rings is 3. The first-order valence-corrected chi connectivity index (χ1v) is 10.4. The van der Waals surface area contributed by atoms with Crippen molar-refractivity contribution in [2.24, 2.45) is 0 Å². The summed E-state index contributed by atoms with van der Waals surface area (Å²) in [4.78, 5) is 27.8. The summed E-state index contributed by atoms with van der Waals surface area (Å²) in [5, 5.41) is 2.72. The molecular weight excluding hydrogens is 388 g/mol. The van der Waals surface area contributed by atoms with E-state index in [0.29, 0.717) is 18.7 Å². The summed E-state index contributed by atoms with van der Waals surface area (Å²) in [7, 11) is 1.59. The predicted molar refractivity (Wildman–Crippen MR) is 122 cm³/mol. The Morgan fingerprint density at radius 3 is 2.16 bits per heavy atom. The maximum absolute atomic E-state index is 13.3. The van der Waals surface area contributed by atoms with Crippen LogP contribution in [0.4, 0.5) is 0 Å². The predicted octanol–water partition coefficient (Wildman–Crippen LogP) is 3.76. The van der Waals surface area contributed by atoms with E-state index >= 15 is 0 Å². The molecule has 0 fully saturated rings. The van der Waals surface area contributed by atoms with Crippen LogP contribution in [0.2, 0.25) is 0 Å². The average molecular weight is 417 g/mol. The van der Waals surface area contributed by atoms with Gasteiger partial charge < -0.3 is 15.0 Å². The Balaban J connectivity index is 1.88. The van der Waals surface area contributed by atoms with Crippen LogP contribution in [0.25, 0.3) is 0 Å².